The van der Waals surface area contributed by atoms with E-state index in [0.717, 1.165) is 28.5 Å². The highest BCUT2D eigenvalue weighted by atomic mass is 35.5. The predicted molar refractivity (Wildman–Crippen MR) is 204 cm³/mol. The number of nitrogens with one attached hydrogen (secondary N) is 2. The molecule has 0 bridgehead atoms. The molecule has 15 heteroatoms. The fourth-order valence-corrected chi connectivity index (χ4v) is 6.80. The molecule has 278 valence electrons. The van der Waals surface area contributed by atoms with Crippen LogP contribution in [0.25, 0.3) is 22.2 Å². The Morgan fingerprint density at radius 3 is 2.40 bits per heavy atom. The van der Waals surface area contributed by atoms with E-state index in [2.05, 4.69) is 20.6 Å². The third-order valence-corrected chi connectivity index (χ3v) is 9.90. The SMILES string of the molecule is CCCN[C@@H](CS(C)(=O)=O)c1ccc(-c2ccc3ncnc(Nc4ccc(OCc5cccc(F)c5)c(Cl)c4)c3c2)o1.Cc1ccc(S(=O)(=O)O)cc1. The first-order valence-electron chi connectivity index (χ1n) is 16.4. The van der Waals surface area contributed by atoms with E-state index < -0.39 is 26.0 Å². The highest BCUT2D eigenvalue weighted by molar-refractivity contribution is 7.90. The maximum Gasteiger partial charge on any atom is 0.294 e. The Labute approximate surface area is 312 Å². The number of anilines is 2. The van der Waals surface area contributed by atoms with Crippen LogP contribution in [0.3, 0.4) is 0 Å². The fraction of sp³-hybridized carbons (Fsp3) is 0.211. The molecule has 53 heavy (non-hydrogen) atoms. The molecule has 3 N–H and O–H groups in total. The molecule has 2 aromatic heterocycles. The average Bonchev–Trinajstić information content (AvgIpc) is 3.60. The Bertz CT molecular complexity index is 2410. The minimum absolute atomic E-state index is 0.0588. The van der Waals surface area contributed by atoms with Crippen molar-refractivity contribution in [2.45, 2.75) is 37.8 Å². The van der Waals surface area contributed by atoms with Crippen LogP contribution in [0.4, 0.5) is 15.9 Å². The summed E-state index contributed by atoms with van der Waals surface area (Å²) in [7, 11) is -7.24. The molecule has 4 aromatic carbocycles. The molecular weight excluding hydrogens is 743 g/mol. The first-order chi connectivity index (χ1) is 25.2. The lowest BCUT2D eigenvalue weighted by Gasteiger charge is -2.15. The number of benzene rings is 4. The van der Waals surface area contributed by atoms with Gasteiger partial charge < -0.3 is 19.8 Å². The van der Waals surface area contributed by atoms with Crippen LogP contribution in [0, 0.1) is 12.7 Å². The van der Waals surface area contributed by atoms with E-state index in [-0.39, 0.29) is 23.1 Å². The number of fused-ring (bicyclic) bond motifs is 1. The number of halogens is 2. The molecule has 2 heterocycles. The largest absolute Gasteiger partial charge is 0.487 e. The number of hydrogen-bond donors (Lipinski definition) is 3. The zero-order valence-corrected chi connectivity index (χ0v) is 31.5. The lowest BCUT2D eigenvalue weighted by molar-refractivity contribution is 0.306. The van der Waals surface area contributed by atoms with Crippen molar-refractivity contribution in [1.82, 2.24) is 15.3 Å². The second-order valence-electron chi connectivity index (χ2n) is 12.2. The number of sulfone groups is 1. The number of nitrogens with zero attached hydrogens (tertiary/aromatic N) is 2. The standard InChI is InChI=1S/C31H30ClFN4O4S.C7H8O3S/c1-3-13-34-27(18-42(2,38)39)30-12-11-28(41-30)21-7-9-26-24(15-21)31(36-19-35-26)37-23-8-10-29(25(32)16-23)40-17-20-5-4-6-22(33)14-20;1-6-2-4-7(5-3-6)11(8,9)10/h4-12,14-16,19,27,34H,3,13,17-18H2,1-2H3,(H,35,36,37);2-5H,1H3,(H,8,9,10)/t27-;/m0./s1. The third kappa shape index (κ3) is 11.3. The van der Waals surface area contributed by atoms with Gasteiger partial charge in [0.25, 0.3) is 10.1 Å². The molecule has 11 nitrogen and oxygen atoms in total. The Morgan fingerprint density at radius 2 is 1.72 bits per heavy atom. The van der Waals surface area contributed by atoms with Gasteiger partial charge in [0.15, 0.2) is 0 Å². The van der Waals surface area contributed by atoms with Crippen molar-refractivity contribution in [2.24, 2.45) is 0 Å². The van der Waals surface area contributed by atoms with Gasteiger partial charge in [-0.2, -0.15) is 8.42 Å². The normalized spacial score (nSPS) is 12.2. The summed E-state index contributed by atoms with van der Waals surface area (Å²) in [5, 5.41) is 7.71. The van der Waals surface area contributed by atoms with Gasteiger partial charge in [0.05, 0.1) is 27.2 Å². The Hall–Kier alpha value is -4.86. The van der Waals surface area contributed by atoms with Gasteiger partial charge in [-0.1, -0.05) is 48.4 Å². The van der Waals surface area contributed by atoms with Crippen LogP contribution in [-0.2, 0) is 26.6 Å². The van der Waals surface area contributed by atoms with E-state index in [1.165, 1.54) is 36.8 Å². The van der Waals surface area contributed by atoms with E-state index in [0.29, 0.717) is 45.9 Å². The van der Waals surface area contributed by atoms with Gasteiger partial charge in [-0.05, 0) is 98.2 Å². The van der Waals surface area contributed by atoms with Gasteiger partial charge in [-0.25, -0.2) is 22.8 Å². The van der Waals surface area contributed by atoms with Crippen molar-refractivity contribution < 1.29 is 34.9 Å². The maximum absolute atomic E-state index is 13.5. The van der Waals surface area contributed by atoms with Crippen molar-refractivity contribution in [3.8, 4) is 17.1 Å². The molecule has 0 spiro atoms. The second-order valence-corrected chi connectivity index (χ2v) is 16.2. The van der Waals surface area contributed by atoms with Crippen molar-refractivity contribution in [3.05, 3.63) is 131 Å². The third-order valence-electron chi connectivity index (χ3n) is 7.80. The summed E-state index contributed by atoms with van der Waals surface area (Å²) in [5.74, 6) is 1.81. The summed E-state index contributed by atoms with van der Waals surface area (Å²) >= 11 is 6.49. The summed E-state index contributed by atoms with van der Waals surface area (Å²) in [6.45, 7) is 4.71. The molecule has 6 aromatic rings. The first kappa shape index (κ1) is 39.3. The zero-order valence-electron chi connectivity index (χ0n) is 29.1. The Kier molecular flexibility index (Phi) is 12.9. The van der Waals surface area contributed by atoms with Gasteiger partial charge in [0, 0.05) is 22.9 Å². The highest BCUT2D eigenvalue weighted by Crippen LogP contribution is 2.33. The molecule has 1 atom stereocenters. The van der Waals surface area contributed by atoms with E-state index >= 15 is 0 Å². The first-order valence-corrected chi connectivity index (χ1v) is 20.3. The van der Waals surface area contributed by atoms with Crippen molar-refractivity contribution >= 4 is 54.0 Å². The Balaban J connectivity index is 0.000000422. The van der Waals surface area contributed by atoms with E-state index in [4.69, 9.17) is 25.3 Å². The van der Waals surface area contributed by atoms with Crippen molar-refractivity contribution in [1.29, 1.82) is 0 Å². The summed E-state index contributed by atoms with van der Waals surface area (Å²) in [6, 6.07) is 26.4. The van der Waals surface area contributed by atoms with Crippen LogP contribution in [-0.4, -0.2) is 49.9 Å². The topological polar surface area (TPSA) is 161 Å². The van der Waals surface area contributed by atoms with Gasteiger partial charge >= 0.3 is 0 Å². The van der Waals surface area contributed by atoms with E-state index in [1.54, 1.807) is 42.5 Å². The van der Waals surface area contributed by atoms with Crippen LogP contribution in [0.15, 0.2) is 113 Å². The van der Waals surface area contributed by atoms with Gasteiger partial charge in [-0.3, -0.25) is 4.55 Å². The minimum atomic E-state index is -4.02. The van der Waals surface area contributed by atoms with Crippen molar-refractivity contribution in [3.63, 3.8) is 0 Å². The number of aromatic nitrogens is 2. The van der Waals surface area contributed by atoms with E-state index in [9.17, 15) is 21.2 Å². The lowest BCUT2D eigenvalue weighted by Crippen LogP contribution is -2.28. The molecule has 0 aliphatic carbocycles. The van der Waals surface area contributed by atoms with Crippen LogP contribution in [0.5, 0.6) is 5.75 Å². The number of rotatable bonds is 13. The molecule has 0 amide bonds. The van der Waals surface area contributed by atoms with Gasteiger partial charge in [0.2, 0.25) is 0 Å². The number of furan rings is 1. The molecular formula is C38H38ClFN4O7S2. The molecule has 0 aliphatic heterocycles. The monoisotopic (exact) mass is 780 g/mol. The predicted octanol–water partition coefficient (Wildman–Crippen LogP) is 8.33. The zero-order chi connectivity index (χ0) is 38.2. The molecule has 0 saturated heterocycles. The second kappa shape index (κ2) is 17.3. The number of ether oxygens (including phenoxy) is 1. The van der Waals surface area contributed by atoms with Crippen LogP contribution >= 0.6 is 11.6 Å². The van der Waals surface area contributed by atoms with Gasteiger partial charge in [-0.15, -0.1) is 0 Å². The average molecular weight is 781 g/mol. The maximum atomic E-state index is 13.5. The van der Waals surface area contributed by atoms with Crippen LogP contribution < -0.4 is 15.4 Å². The minimum Gasteiger partial charge on any atom is -0.487 e. The highest BCUT2D eigenvalue weighted by Gasteiger charge is 2.21. The summed E-state index contributed by atoms with van der Waals surface area (Å²) < 4.78 is 78.9. The quantitative estimate of drug-likeness (QED) is 0.0967. The van der Waals surface area contributed by atoms with Crippen LogP contribution in [0.2, 0.25) is 5.02 Å². The number of aryl methyl sites for hydroxylation is 1. The fourth-order valence-electron chi connectivity index (χ4n) is 5.20. The molecule has 0 radical (unpaired) electrons. The Morgan fingerprint density at radius 1 is 0.943 bits per heavy atom. The van der Waals surface area contributed by atoms with E-state index in [1.807, 2.05) is 44.2 Å². The summed E-state index contributed by atoms with van der Waals surface area (Å²) in [5.41, 5.74) is 3.86. The van der Waals surface area contributed by atoms with Crippen LogP contribution in [0.1, 0.15) is 36.3 Å². The smallest absolute Gasteiger partial charge is 0.294 e. The summed E-state index contributed by atoms with van der Waals surface area (Å²) in [4.78, 5) is 8.76. The van der Waals surface area contributed by atoms with Crippen molar-refractivity contribution in [2.75, 3.05) is 23.9 Å². The molecule has 0 unspecified atom stereocenters. The molecule has 0 saturated carbocycles. The van der Waals surface area contributed by atoms with Gasteiger partial charge in [0.1, 0.15) is 51.7 Å². The summed E-state index contributed by atoms with van der Waals surface area (Å²) in [6.07, 6.45) is 3.56. The number of hydrogen-bond acceptors (Lipinski definition) is 10. The molecule has 0 fully saturated rings. The lowest BCUT2D eigenvalue weighted by atomic mass is 10.1. The molecule has 6 rings (SSSR count). The molecule has 0 aliphatic rings.